The summed E-state index contributed by atoms with van der Waals surface area (Å²) in [7, 11) is 1.48. The van der Waals surface area contributed by atoms with Crippen LogP contribution in [0.1, 0.15) is 22.6 Å². The molecule has 27 heavy (non-hydrogen) atoms. The van der Waals surface area contributed by atoms with Crippen LogP contribution < -0.4 is 10.6 Å². The summed E-state index contributed by atoms with van der Waals surface area (Å²) in [4.78, 5) is 28.8. The Hall–Kier alpha value is -1.98. The number of aromatic nitrogens is 1. The van der Waals surface area contributed by atoms with Crippen molar-refractivity contribution in [3.05, 3.63) is 21.4 Å². The van der Waals surface area contributed by atoms with Gasteiger partial charge in [-0.05, 0) is 19.9 Å². The highest BCUT2D eigenvalue weighted by molar-refractivity contribution is 6.44. The second kappa shape index (κ2) is 9.81. The number of nitrogens with zero attached hydrogens (tertiary/aromatic N) is 1. The van der Waals surface area contributed by atoms with Crippen molar-refractivity contribution >= 4 is 40.8 Å². The number of alkyl halides is 3. The number of carboxylic acids is 1. The molecule has 1 fully saturated rings. The largest absolute Gasteiger partial charge is 0.490 e. The molecule has 0 bridgehead atoms. The summed E-state index contributed by atoms with van der Waals surface area (Å²) >= 11 is 12.0. The third kappa shape index (κ3) is 6.60. The highest BCUT2D eigenvalue weighted by Crippen LogP contribution is 2.29. The molecule has 152 valence electrons. The first-order valence-electron chi connectivity index (χ1n) is 7.44. The van der Waals surface area contributed by atoms with Gasteiger partial charge in [-0.15, -0.1) is 0 Å². The molecule has 2 rings (SSSR count). The van der Waals surface area contributed by atoms with Crippen LogP contribution in [0.25, 0.3) is 0 Å². The van der Waals surface area contributed by atoms with Gasteiger partial charge in [0.15, 0.2) is 0 Å². The van der Waals surface area contributed by atoms with Gasteiger partial charge in [-0.2, -0.15) is 13.2 Å². The minimum absolute atomic E-state index is 0.179. The molecule has 1 saturated heterocycles. The van der Waals surface area contributed by atoms with E-state index < -0.39 is 12.1 Å². The number of H-pyrrole nitrogens is 1. The molecule has 1 aromatic rings. The molecule has 1 aromatic heterocycles. The van der Waals surface area contributed by atoms with Crippen LogP contribution >= 0.6 is 23.2 Å². The summed E-state index contributed by atoms with van der Waals surface area (Å²) in [6.07, 6.45) is -4.35. The smallest absolute Gasteiger partial charge is 0.475 e. The van der Waals surface area contributed by atoms with Gasteiger partial charge in [0.05, 0.1) is 21.8 Å². The molecule has 1 unspecified atom stereocenters. The highest BCUT2D eigenvalue weighted by atomic mass is 35.5. The van der Waals surface area contributed by atoms with Crippen molar-refractivity contribution in [3.63, 3.8) is 0 Å². The van der Waals surface area contributed by atoms with E-state index in [4.69, 9.17) is 37.9 Å². The summed E-state index contributed by atoms with van der Waals surface area (Å²) in [6.45, 7) is 3.14. The minimum atomic E-state index is -5.08. The third-order valence-electron chi connectivity index (χ3n) is 3.36. The number of halogens is 5. The maximum atomic E-state index is 12.2. The lowest BCUT2D eigenvalue weighted by molar-refractivity contribution is -0.192. The molecule has 0 spiro atoms. The SMILES string of the molecule is CON=C1CNCCC1NC(=O)c1[nH]c(C)c(Cl)c1Cl.O=C(O)C(F)(F)F. The van der Waals surface area contributed by atoms with Gasteiger partial charge >= 0.3 is 12.1 Å². The van der Waals surface area contributed by atoms with Crippen molar-refractivity contribution in [2.45, 2.75) is 25.6 Å². The van der Waals surface area contributed by atoms with Gasteiger partial charge in [0.1, 0.15) is 12.8 Å². The topological polar surface area (TPSA) is 116 Å². The number of hydrogen-bond donors (Lipinski definition) is 4. The van der Waals surface area contributed by atoms with E-state index in [0.29, 0.717) is 17.3 Å². The predicted molar refractivity (Wildman–Crippen MR) is 92.4 cm³/mol. The van der Waals surface area contributed by atoms with Gasteiger partial charge in [-0.1, -0.05) is 28.4 Å². The number of aliphatic carboxylic acids is 1. The Labute approximate surface area is 162 Å². The average Bonchev–Trinajstić information content (AvgIpc) is 2.84. The first kappa shape index (κ1) is 23.1. The van der Waals surface area contributed by atoms with Crippen LogP contribution in [0.2, 0.25) is 10.0 Å². The first-order chi connectivity index (χ1) is 12.5. The van der Waals surface area contributed by atoms with E-state index in [0.717, 1.165) is 18.7 Å². The number of oxime groups is 1. The van der Waals surface area contributed by atoms with E-state index in [1.807, 2.05) is 0 Å². The number of amides is 1. The molecule has 1 aliphatic rings. The zero-order chi connectivity index (χ0) is 20.8. The third-order valence-corrected chi connectivity index (χ3v) is 4.30. The van der Waals surface area contributed by atoms with Crippen molar-refractivity contribution < 1.29 is 32.7 Å². The summed E-state index contributed by atoms with van der Waals surface area (Å²) in [5, 5.41) is 17.7. The number of carbonyl (C=O) groups excluding carboxylic acids is 1. The number of carbonyl (C=O) groups is 2. The molecule has 1 atom stereocenters. The second-order valence-corrected chi connectivity index (χ2v) is 6.07. The number of rotatable bonds is 3. The first-order valence-corrected chi connectivity index (χ1v) is 8.19. The number of aromatic amines is 1. The Balaban J connectivity index is 0.000000445. The monoisotopic (exact) mass is 432 g/mol. The zero-order valence-corrected chi connectivity index (χ0v) is 15.7. The van der Waals surface area contributed by atoms with Crippen molar-refractivity contribution in [2.24, 2.45) is 5.16 Å². The molecule has 13 heteroatoms. The molecule has 0 aliphatic carbocycles. The summed E-state index contributed by atoms with van der Waals surface area (Å²) in [5.41, 5.74) is 1.68. The van der Waals surface area contributed by atoms with E-state index >= 15 is 0 Å². The van der Waals surface area contributed by atoms with Crippen molar-refractivity contribution in [3.8, 4) is 0 Å². The number of carboxylic acid groups (broad SMARTS) is 1. The van der Waals surface area contributed by atoms with Crippen LogP contribution in [0.3, 0.4) is 0 Å². The predicted octanol–water partition coefficient (Wildman–Crippen LogP) is 2.36. The lowest BCUT2D eigenvalue weighted by atomic mass is 10.0. The van der Waals surface area contributed by atoms with Crippen molar-refractivity contribution in [1.82, 2.24) is 15.6 Å². The lowest BCUT2D eigenvalue weighted by Crippen LogP contribution is -2.50. The molecule has 2 heterocycles. The Bertz CT molecular complexity index is 722. The van der Waals surface area contributed by atoms with Crippen LogP contribution in [-0.2, 0) is 9.63 Å². The molecule has 1 aliphatic heterocycles. The van der Waals surface area contributed by atoms with Crippen molar-refractivity contribution in [1.29, 1.82) is 0 Å². The molecule has 4 N–H and O–H groups in total. The summed E-state index contributed by atoms with van der Waals surface area (Å²) in [6, 6.07) is -0.179. The van der Waals surface area contributed by atoms with Gasteiger partial charge in [-0.3, -0.25) is 4.79 Å². The molecular weight excluding hydrogens is 416 g/mol. The maximum absolute atomic E-state index is 12.2. The fraction of sp³-hybridized carbons (Fsp3) is 0.500. The van der Waals surface area contributed by atoms with Gasteiger partial charge in [-0.25, -0.2) is 4.79 Å². The van der Waals surface area contributed by atoms with E-state index in [1.54, 1.807) is 6.92 Å². The van der Waals surface area contributed by atoms with Gasteiger partial charge in [0.25, 0.3) is 5.91 Å². The van der Waals surface area contributed by atoms with Crippen LogP contribution in [-0.4, -0.2) is 60.1 Å². The summed E-state index contributed by atoms with van der Waals surface area (Å²) < 4.78 is 31.7. The lowest BCUT2D eigenvalue weighted by Gasteiger charge is -2.25. The minimum Gasteiger partial charge on any atom is -0.475 e. The van der Waals surface area contributed by atoms with Crippen molar-refractivity contribution in [2.75, 3.05) is 20.2 Å². The Morgan fingerprint density at radius 2 is 1.93 bits per heavy atom. The molecular formula is C14H17Cl2F3N4O4. The standard InChI is InChI=1S/C12H16Cl2N4O2.C2HF3O2/c1-6-9(13)10(14)11(16-6)12(19)17-7-3-4-15-5-8(7)18-20-2;3-2(4,5)1(6)7/h7,15-16H,3-5H2,1-2H3,(H,17,19);(H,6,7). The van der Waals surface area contributed by atoms with Crippen LogP contribution in [0, 0.1) is 6.92 Å². The van der Waals surface area contributed by atoms with Crippen LogP contribution in [0.15, 0.2) is 5.16 Å². The number of aryl methyl sites for hydroxylation is 1. The van der Waals surface area contributed by atoms with E-state index in [9.17, 15) is 18.0 Å². The fourth-order valence-electron chi connectivity index (χ4n) is 2.08. The number of hydrogen-bond acceptors (Lipinski definition) is 5. The highest BCUT2D eigenvalue weighted by Gasteiger charge is 2.38. The quantitative estimate of drug-likeness (QED) is 0.547. The normalized spacial score (nSPS) is 18.5. The Morgan fingerprint density at radius 1 is 1.33 bits per heavy atom. The number of piperidine rings is 1. The van der Waals surface area contributed by atoms with Gasteiger partial charge < -0.3 is 25.6 Å². The molecule has 8 nitrogen and oxygen atoms in total. The zero-order valence-electron chi connectivity index (χ0n) is 14.2. The average molecular weight is 433 g/mol. The van der Waals surface area contributed by atoms with E-state index in [-0.39, 0.29) is 22.7 Å². The molecule has 0 radical (unpaired) electrons. The maximum Gasteiger partial charge on any atom is 0.490 e. The Kier molecular flexibility index (Phi) is 8.38. The Morgan fingerprint density at radius 3 is 2.37 bits per heavy atom. The van der Waals surface area contributed by atoms with Gasteiger partial charge in [0, 0.05) is 12.2 Å². The fourth-order valence-corrected chi connectivity index (χ4v) is 2.50. The summed E-state index contributed by atoms with van der Waals surface area (Å²) in [5.74, 6) is -3.06. The molecule has 0 aromatic carbocycles. The van der Waals surface area contributed by atoms with E-state index in [2.05, 4.69) is 20.8 Å². The molecule has 1 amide bonds. The van der Waals surface area contributed by atoms with E-state index in [1.165, 1.54) is 7.11 Å². The van der Waals surface area contributed by atoms with Gasteiger partial charge in [0.2, 0.25) is 0 Å². The number of nitrogens with one attached hydrogen (secondary N) is 3. The molecule has 0 saturated carbocycles. The van der Waals surface area contributed by atoms with Crippen LogP contribution in [0.5, 0.6) is 0 Å². The van der Waals surface area contributed by atoms with Crippen LogP contribution in [0.4, 0.5) is 13.2 Å². The second-order valence-electron chi connectivity index (χ2n) is 5.31.